The molecule has 162 valence electrons. The molecular weight excluding hydrogens is 538 g/mol. The Morgan fingerprint density at radius 2 is 1.64 bits per heavy atom. The summed E-state index contributed by atoms with van der Waals surface area (Å²) in [5.41, 5.74) is 8.14. The second-order valence-corrected chi connectivity index (χ2v) is 10.6. The van der Waals surface area contributed by atoms with Crippen molar-refractivity contribution < 1.29 is 4.79 Å². The second kappa shape index (κ2) is 7.96. The van der Waals surface area contributed by atoms with E-state index in [0.29, 0.717) is 0 Å². The molecule has 0 aromatic heterocycles. The molecule has 2 unspecified atom stereocenters. The molecule has 6 rings (SSSR count). The van der Waals surface area contributed by atoms with Gasteiger partial charge in [-0.2, -0.15) is 0 Å². The zero-order chi connectivity index (χ0) is 22.7. The summed E-state index contributed by atoms with van der Waals surface area (Å²) < 4.78 is 1.93. The molecule has 0 radical (unpaired) electrons. The van der Waals surface area contributed by atoms with Gasteiger partial charge in [0.2, 0.25) is 5.91 Å². The summed E-state index contributed by atoms with van der Waals surface area (Å²) in [5, 5.41) is 5.69. The molecule has 0 saturated carbocycles. The lowest BCUT2D eigenvalue weighted by Gasteiger charge is -2.24. The van der Waals surface area contributed by atoms with Gasteiger partial charge in [-0.25, -0.2) is 0 Å². The molecular formula is C29H21Br2NO. The third kappa shape index (κ3) is 3.31. The minimum absolute atomic E-state index is 0.00122. The predicted molar refractivity (Wildman–Crippen MR) is 143 cm³/mol. The van der Waals surface area contributed by atoms with E-state index in [-0.39, 0.29) is 17.7 Å². The Morgan fingerprint density at radius 1 is 0.879 bits per heavy atom. The average Bonchev–Trinajstić information content (AvgIpc) is 3.35. The van der Waals surface area contributed by atoms with E-state index in [4.69, 9.17) is 0 Å². The van der Waals surface area contributed by atoms with E-state index in [2.05, 4.69) is 117 Å². The van der Waals surface area contributed by atoms with Gasteiger partial charge >= 0.3 is 0 Å². The number of hydrogen-bond acceptors (Lipinski definition) is 1. The van der Waals surface area contributed by atoms with Crippen LogP contribution in [-0.2, 0) is 11.2 Å². The van der Waals surface area contributed by atoms with E-state index >= 15 is 0 Å². The van der Waals surface area contributed by atoms with Crippen LogP contribution in [0.2, 0.25) is 0 Å². The molecule has 1 heterocycles. The molecule has 1 N–H and O–H groups in total. The van der Waals surface area contributed by atoms with Gasteiger partial charge in [-0.3, -0.25) is 4.79 Å². The molecule has 2 atom stereocenters. The van der Waals surface area contributed by atoms with Crippen LogP contribution in [0.3, 0.4) is 0 Å². The summed E-state index contributed by atoms with van der Waals surface area (Å²) in [7, 11) is 0. The zero-order valence-electron chi connectivity index (χ0n) is 18.0. The number of hydrogen-bond donors (Lipinski definition) is 1. The highest BCUT2D eigenvalue weighted by molar-refractivity contribution is 9.11. The van der Waals surface area contributed by atoms with E-state index < -0.39 is 0 Å². The van der Waals surface area contributed by atoms with Crippen molar-refractivity contribution in [1.29, 1.82) is 0 Å². The SMILES string of the molecule is Cc1c(Br)cc(Br)c2c1C(C1C(Cc3cccc4ccccc34)=Cc3ccccc31)C(=O)N2. The Bertz CT molecular complexity index is 1480. The Hall–Kier alpha value is -2.69. The van der Waals surface area contributed by atoms with Crippen molar-refractivity contribution in [2.75, 3.05) is 5.32 Å². The Morgan fingerprint density at radius 3 is 2.52 bits per heavy atom. The smallest absolute Gasteiger partial charge is 0.233 e. The summed E-state index contributed by atoms with van der Waals surface area (Å²) in [6.45, 7) is 2.09. The third-order valence-corrected chi connectivity index (χ3v) is 8.49. The number of allylic oxidation sites excluding steroid dienone is 1. The number of benzene rings is 4. The molecule has 4 heteroatoms. The maximum atomic E-state index is 13.5. The summed E-state index contributed by atoms with van der Waals surface area (Å²) in [4.78, 5) is 13.5. The summed E-state index contributed by atoms with van der Waals surface area (Å²) in [5.74, 6) is -0.197. The minimum Gasteiger partial charge on any atom is -0.324 e. The van der Waals surface area contributed by atoms with Crippen molar-refractivity contribution in [2.24, 2.45) is 0 Å². The number of rotatable bonds is 3. The number of carbonyl (C=O) groups excluding carboxylic acids is 1. The maximum absolute atomic E-state index is 13.5. The van der Waals surface area contributed by atoms with Crippen LogP contribution in [0, 0.1) is 6.92 Å². The molecule has 2 aliphatic rings. The Kier molecular flexibility index (Phi) is 5.04. The van der Waals surface area contributed by atoms with E-state index in [1.165, 1.54) is 33.0 Å². The van der Waals surface area contributed by atoms with Gasteiger partial charge in [0.05, 0.1) is 11.6 Å². The van der Waals surface area contributed by atoms with Gasteiger partial charge in [0.1, 0.15) is 0 Å². The van der Waals surface area contributed by atoms with Crippen molar-refractivity contribution in [3.63, 3.8) is 0 Å². The number of halogens is 2. The highest BCUT2D eigenvalue weighted by Gasteiger charge is 2.43. The summed E-state index contributed by atoms with van der Waals surface area (Å²) in [6.07, 6.45) is 3.11. The molecule has 1 amide bonds. The highest BCUT2D eigenvalue weighted by atomic mass is 79.9. The van der Waals surface area contributed by atoms with Gasteiger partial charge in [-0.15, -0.1) is 0 Å². The molecule has 4 aromatic carbocycles. The fourth-order valence-electron chi connectivity index (χ4n) is 5.54. The molecule has 2 nitrogen and oxygen atoms in total. The first-order valence-corrected chi connectivity index (χ1v) is 12.7. The van der Waals surface area contributed by atoms with Crippen LogP contribution < -0.4 is 5.32 Å². The number of fused-ring (bicyclic) bond motifs is 3. The summed E-state index contributed by atoms with van der Waals surface area (Å²) in [6, 6.07) is 25.6. The molecule has 0 spiro atoms. The van der Waals surface area contributed by atoms with E-state index in [1.807, 2.05) is 6.07 Å². The largest absolute Gasteiger partial charge is 0.324 e. The van der Waals surface area contributed by atoms with E-state index in [1.54, 1.807) is 0 Å². The third-order valence-electron chi connectivity index (χ3n) is 7.04. The van der Waals surface area contributed by atoms with Crippen LogP contribution in [0.1, 0.15) is 39.7 Å². The van der Waals surface area contributed by atoms with E-state index in [9.17, 15) is 4.79 Å². The van der Waals surface area contributed by atoms with Crippen LogP contribution in [-0.4, -0.2) is 5.91 Å². The maximum Gasteiger partial charge on any atom is 0.233 e. The van der Waals surface area contributed by atoms with Crippen LogP contribution in [0.5, 0.6) is 0 Å². The van der Waals surface area contributed by atoms with Crippen molar-refractivity contribution >= 4 is 60.3 Å². The number of nitrogens with one attached hydrogen (secondary N) is 1. The average molecular weight is 559 g/mol. The van der Waals surface area contributed by atoms with E-state index in [0.717, 1.165) is 32.2 Å². The number of amides is 1. The highest BCUT2D eigenvalue weighted by Crippen LogP contribution is 2.53. The Balaban J connectivity index is 1.51. The first kappa shape index (κ1) is 20.9. The van der Waals surface area contributed by atoms with Crippen LogP contribution in [0.25, 0.3) is 16.8 Å². The lowest BCUT2D eigenvalue weighted by Crippen LogP contribution is -2.21. The monoisotopic (exact) mass is 557 g/mol. The number of anilines is 1. The summed E-state index contributed by atoms with van der Waals surface area (Å²) >= 11 is 7.36. The molecule has 0 fully saturated rings. The van der Waals surface area contributed by atoms with Crippen molar-refractivity contribution in [3.8, 4) is 0 Å². The normalized spacial score (nSPS) is 18.8. The molecule has 0 bridgehead atoms. The standard InChI is InChI=1S/C29H21Br2NO/c1-16-23(30)15-24(31)28-25(16)27(29(33)32-28)26-20(14-19-8-3-5-12-22(19)26)13-18-10-6-9-17-7-2-4-11-21(17)18/h2-12,14-15,26-27H,13H2,1H3,(H,32,33). The Labute approximate surface area is 210 Å². The minimum atomic E-state index is -0.265. The molecule has 33 heavy (non-hydrogen) atoms. The van der Waals surface area contributed by atoms with Crippen molar-refractivity contribution in [1.82, 2.24) is 0 Å². The van der Waals surface area contributed by atoms with Crippen LogP contribution in [0.4, 0.5) is 5.69 Å². The van der Waals surface area contributed by atoms with Gasteiger partial charge in [0.15, 0.2) is 0 Å². The lowest BCUT2D eigenvalue weighted by molar-refractivity contribution is -0.117. The van der Waals surface area contributed by atoms with Crippen LogP contribution in [0.15, 0.2) is 87.3 Å². The zero-order valence-corrected chi connectivity index (χ0v) is 21.2. The first-order valence-electron chi connectivity index (χ1n) is 11.1. The van der Waals surface area contributed by atoms with Gasteiger partial charge in [0.25, 0.3) is 0 Å². The van der Waals surface area contributed by atoms with Gasteiger partial charge < -0.3 is 5.32 Å². The fourth-order valence-corrected chi connectivity index (χ4v) is 6.83. The number of carbonyl (C=O) groups is 1. The molecule has 4 aromatic rings. The molecule has 1 aliphatic carbocycles. The van der Waals surface area contributed by atoms with Crippen molar-refractivity contribution in [2.45, 2.75) is 25.2 Å². The molecule has 0 saturated heterocycles. The van der Waals surface area contributed by atoms with Gasteiger partial charge in [0, 0.05) is 14.9 Å². The lowest BCUT2D eigenvalue weighted by atomic mass is 9.77. The quantitative estimate of drug-likeness (QED) is 0.270. The first-order chi connectivity index (χ1) is 16.0. The van der Waals surface area contributed by atoms with Crippen LogP contribution >= 0.6 is 31.9 Å². The topological polar surface area (TPSA) is 29.1 Å². The van der Waals surface area contributed by atoms with Gasteiger partial charge in [-0.1, -0.05) is 94.3 Å². The molecule has 1 aliphatic heterocycles. The predicted octanol–water partition coefficient (Wildman–Crippen LogP) is 8.13. The van der Waals surface area contributed by atoms with Crippen molar-refractivity contribution in [3.05, 3.63) is 115 Å². The second-order valence-electron chi connectivity index (χ2n) is 8.86. The fraction of sp³-hybridized carbons (Fsp3) is 0.138. The van der Waals surface area contributed by atoms with Gasteiger partial charge in [-0.05, 0) is 73.9 Å².